The zero-order valence-electron chi connectivity index (χ0n) is 11.4. The summed E-state index contributed by atoms with van der Waals surface area (Å²) in [5.74, 6) is -0.268. The van der Waals surface area contributed by atoms with Crippen LogP contribution in [0, 0.1) is 0 Å². The number of nitrogens with two attached hydrogens (primary N) is 1. The first-order valence-corrected chi connectivity index (χ1v) is 7.37. The highest BCUT2D eigenvalue weighted by Crippen LogP contribution is 2.25. The van der Waals surface area contributed by atoms with Gasteiger partial charge in [-0.25, -0.2) is 0 Å². The van der Waals surface area contributed by atoms with Crippen LogP contribution < -0.4 is 11.1 Å². The molecule has 1 atom stereocenters. The van der Waals surface area contributed by atoms with Crippen LogP contribution in [0.3, 0.4) is 0 Å². The third-order valence-corrected chi connectivity index (χ3v) is 3.67. The van der Waals surface area contributed by atoms with Crippen molar-refractivity contribution in [2.24, 2.45) is 5.73 Å². The predicted molar refractivity (Wildman–Crippen MR) is 87.8 cm³/mol. The van der Waals surface area contributed by atoms with Crippen LogP contribution in [0.15, 0.2) is 48.5 Å². The van der Waals surface area contributed by atoms with Gasteiger partial charge in [-0.15, -0.1) is 0 Å². The maximum atomic E-state index is 12.1. The van der Waals surface area contributed by atoms with Gasteiger partial charge in [-0.2, -0.15) is 0 Å². The van der Waals surface area contributed by atoms with Crippen LogP contribution in [0.1, 0.15) is 12.0 Å². The first-order valence-electron chi connectivity index (χ1n) is 6.61. The molecule has 0 radical (unpaired) electrons. The Labute approximate surface area is 134 Å². The maximum absolute atomic E-state index is 12.1. The molecule has 2 rings (SSSR count). The molecule has 3 nitrogen and oxygen atoms in total. The molecule has 0 spiro atoms. The van der Waals surface area contributed by atoms with E-state index in [1.807, 2.05) is 30.3 Å². The van der Waals surface area contributed by atoms with E-state index in [0.717, 1.165) is 12.0 Å². The van der Waals surface area contributed by atoms with Crippen LogP contribution in [-0.4, -0.2) is 11.9 Å². The molecular formula is C16H16Cl2N2O. The molecule has 0 fully saturated rings. The minimum Gasteiger partial charge on any atom is -0.323 e. The fourth-order valence-electron chi connectivity index (χ4n) is 1.92. The Morgan fingerprint density at radius 2 is 1.86 bits per heavy atom. The Bertz CT molecular complexity index is 617. The van der Waals surface area contributed by atoms with E-state index < -0.39 is 6.04 Å². The molecule has 1 amide bonds. The summed E-state index contributed by atoms with van der Waals surface area (Å²) in [5, 5.41) is 3.65. The first kappa shape index (κ1) is 15.8. The maximum Gasteiger partial charge on any atom is 0.241 e. The zero-order chi connectivity index (χ0) is 15.2. The molecule has 2 aromatic rings. The number of anilines is 1. The molecule has 0 saturated carbocycles. The zero-order valence-corrected chi connectivity index (χ0v) is 12.9. The Morgan fingerprint density at radius 3 is 2.57 bits per heavy atom. The molecule has 2 aromatic carbocycles. The summed E-state index contributed by atoms with van der Waals surface area (Å²) in [7, 11) is 0. The van der Waals surface area contributed by atoms with Crippen molar-refractivity contribution in [2.75, 3.05) is 5.32 Å². The molecule has 0 heterocycles. The fraction of sp³-hybridized carbons (Fsp3) is 0.188. The lowest BCUT2D eigenvalue weighted by Crippen LogP contribution is -2.36. The van der Waals surface area contributed by atoms with Crippen molar-refractivity contribution in [3.05, 3.63) is 64.1 Å². The number of aryl methyl sites for hydroxylation is 1. The summed E-state index contributed by atoms with van der Waals surface area (Å²) in [6.45, 7) is 0. The minimum absolute atomic E-state index is 0.268. The molecule has 3 N–H and O–H groups in total. The molecule has 21 heavy (non-hydrogen) atoms. The second kappa shape index (κ2) is 7.46. The highest BCUT2D eigenvalue weighted by atomic mass is 35.5. The Balaban J connectivity index is 1.92. The molecule has 0 aliphatic rings. The Hall–Kier alpha value is -1.55. The second-order valence-electron chi connectivity index (χ2n) is 4.74. The SMILES string of the molecule is N[C@@H](CCc1ccccc1)C(=O)Nc1cc(Cl)ccc1Cl. The summed E-state index contributed by atoms with van der Waals surface area (Å²) in [4.78, 5) is 12.1. The van der Waals surface area contributed by atoms with Gasteiger partial charge in [0.15, 0.2) is 0 Å². The van der Waals surface area contributed by atoms with Crippen LogP contribution in [-0.2, 0) is 11.2 Å². The van der Waals surface area contributed by atoms with Gasteiger partial charge in [0.25, 0.3) is 0 Å². The van der Waals surface area contributed by atoms with Gasteiger partial charge in [-0.3, -0.25) is 4.79 Å². The van der Waals surface area contributed by atoms with E-state index in [-0.39, 0.29) is 5.91 Å². The highest BCUT2D eigenvalue weighted by molar-refractivity contribution is 6.35. The number of amides is 1. The lowest BCUT2D eigenvalue weighted by atomic mass is 10.1. The molecule has 0 aromatic heterocycles. The topological polar surface area (TPSA) is 55.1 Å². The number of carbonyl (C=O) groups is 1. The molecule has 0 aliphatic heterocycles. The summed E-state index contributed by atoms with van der Waals surface area (Å²) < 4.78 is 0. The molecule has 0 aliphatic carbocycles. The average Bonchev–Trinajstić information content (AvgIpc) is 2.49. The molecule has 0 unspecified atom stereocenters. The van der Waals surface area contributed by atoms with E-state index in [4.69, 9.17) is 28.9 Å². The first-order chi connectivity index (χ1) is 10.1. The van der Waals surface area contributed by atoms with Crippen molar-refractivity contribution in [3.8, 4) is 0 Å². The van der Waals surface area contributed by atoms with Gasteiger partial charge >= 0.3 is 0 Å². The average molecular weight is 323 g/mol. The monoisotopic (exact) mass is 322 g/mol. The Kier molecular flexibility index (Phi) is 5.62. The predicted octanol–water partition coefficient (Wildman–Crippen LogP) is 3.89. The van der Waals surface area contributed by atoms with Crippen LogP contribution in [0.2, 0.25) is 10.0 Å². The van der Waals surface area contributed by atoms with E-state index in [0.29, 0.717) is 22.2 Å². The number of hydrogen-bond donors (Lipinski definition) is 2. The van der Waals surface area contributed by atoms with Gasteiger partial charge in [-0.05, 0) is 36.6 Å². The lowest BCUT2D eigenvalue weighted by Gasteiger charge is -2.13. The van der Waals surface area contributed by atoms with Gasteiger partial charge in [-0.1, -0.05) is 53.5 Å². The third kappa shape index (κ3) is 4.74. The fourth-order valence-corrected chi connectivity index (χ4v) is 2.25. The van der Waals surface area contributed by atoms with Crippen molar-refractivity contribution in [3.63, 3.8) is 0 Å². The smallest absolute Gasteiger partial charge is 0.241 e. The summed E-state index contributed by atoms with van der Waals surface area (Å²) in [6.07, 6.45) is 1.31. The number of hydrogen-bond acceptors (Lipinski definition) is 2. The van der Waals surface area contributed by atoms with Gasteiger partial charge in [0.2, 0.25) is 5.91 Å². The van der Waals surface area contributed by atoms with Gasteiger partial charge in [0.1, 0.15) is 0 Å². The molecule has 0 saturated heterocycles. The molecule has 0 bridgehead atoms. The normalized spacial score (nSPS) is 12.0. The second-order valence-corrected chi connectivity index (χ2v) is 5.59. The number of carbonyl (C=O) groups excluding carboxylic acids is 1. The highest BCUT2D eigenvalue weighted by Gasteiger charge is 2.15. The van der Waals surface area contributed by atoms with Gasteiger partial charge in [0.05, 0.1) is 16.8 Å². The van der Waals surface area contributed by atoms with E-state index in [1.54, 1.807) is 18.2 Å². The van der Waals surface area contributed by atoms with Crippen LogP contribution in [0.5, 0.6) is 0 Å². The summed E-state index contributed by atoms with van der Waals surface area (Å²) in [6, 6.07) is 14.2. The number of rotatable bonds is 5. The summed E-state index contributed by atoms with van der Waals surface area (Å²) >= 11 is 11.9. The van der Waals surface area contributed by atoms with E-state index in [1.165, 1.54) is 0 Å². The molecule has 5 heteroatoms. The third-order valence-electron chi connectivity index (χ3n) is 3.11. The van der Waals surface area contributed by atoms with Crippen molar-refractivity contribution in [1.29, 1.82) is 0 Å². The Morgan fingerprint density at radius 1 is 1.14 bits per heavy atom. The van der Waals surface area contributed by atoms with E-state index in [2.05, 4.69) is 5.32 Å². The van der Waals surface area contributed by atoms with Crippen molar-refractivity contribution >= 4 is 34.8 Å². The molecular weight excluding hydrogens is 307 g/mol. The van der Waals surface area contributed by atoms with Crippen molar-refractivity contribution in [2.45, 2.75) is 18.9 Å². The summed E-state index contributed by atoms with van der Waals surface area (Å²) in [5.41, 5.74) is 7.54. The lowest BCUT2D eigenvalue weighted by molar-refractivity contribution is -0.117. The largest absolute Gasteiger partial charge is 0.323 e. The van der Waals surface area contributed by atoms with E-state index in [9.17, 15) is 4.79 Å². The van der Waals surface area contributed by atoms with Crippen molar-refractivity contribution < 1.29 is 4.79 Å². The van der Waals surface area contributed by atoms with Crippen molar-refractivity contribution in [1.82, 2.24) is 0 Å². The van der Waals surface area contributed by atoms with Crippen LogP contribution in [0.4, 0.5) is 5.69 Å². The molecule has 110 valence electrons. The quantitative estimate of drug-likeness (QED) is 0.877. The number of halogens is 2. The standard InChI is InChI=1S/C16H16Cl2N2O/c17-12-7-8-13(18)15(10-12)20-16(21)14(19)9-6-11-4-2-1-3-5-11/h1-5,7-8,10,14H,6,9,19H2,(H,20,21)/t14-/m0/s1. The minimum atomic E-state index is -0.597. The van der Waals surface area contributed by atoms with Gasteiger partial charge < -0.3 is 11.1 Å². The van der Waals surface area contributed by atoms with E-state index >= 15 is 0 Å². The number of nitrogens with one attached hydrogen (secondary N) is 1. The number of benzene rings is 2. The van der Waals surface area contributed by atoms with Gasteiger partial charge in [0, 0.05) is 5.02 Å². The van der Waals surface area contributed by atoms with Crippen LogP contribution >= 0.6 is 23.2 Å². The van der Waals surface area contributed by atoms with Crippen LogP contribution in [0.25, 0.3) is 0 Å².